The van der Waals surface area contributed by atoms with Crippen molar-refractivity contribution in [3.8, 4) is 0 Å². The highest BCUT2D eigenvalue weighted by Gasteiger charge is 2.28. The van der Waals surface area contributed by atoms with Gasteiger partial charge >= 0.3 is 25.7 Å². The highest BCUT2D eigenvalue weighted by atomic mass is 31.2. The van der Waals surface area contributed by atoms with E-state index in [0.29, 0.717) is 12.8 Å². The number of unbranched alkanes of at least 4 members (excludes halogenated alkanes) is 22. The number of ether oxygens (including phenoxy) is 2. The molecule has 0 aromatic heterocycles. The number of hydrogen-bond acceptors (Lipinski definition) is 9. The molecule has 0 spiro atoms. The van der Waals surface area contributed by atoms with E-state index in [2.05, 4.69) is 30.5 Å². The van der Waals surface area contributed by atoms with E-state index in [0.717, 1.165) is 57.8 Å². The van der Waals surface area contributed by atoms with Crippen molar-refractivity contribution in [1.29, 1.82) is 0 Å². The lowest BCUT2D eigenvalue weighted by Gasteiger charge is -2.20. The van der Waals surface area contributed by atoms with Gasteiger partial charge in [0.15, 0.2) is 6.10 Å². The van der Waals surface area contributed by atoms with E-state index >= 15 is 0 Å². The Morgan fingerprint density at radius 1 is 0.588 bits per heavy atom. The van der Waals surface area contributed by atoms with E-state index in [9.17, 15) is 23.8 Å². The molecule has 0 aliphatic heterocycles. The van der Waals surface area contributed by atoms with Crippen molar-refractivity contribution in [3.05, 3.63) is 12.2 Å². The molecule has 0 heterocycles. The molecule has 0 saturated heterocycles. The van der Waals surface area contributed by atoms with Gasteiger partial charge in [-0.05, 0) is 38.5 Å². The van der Waals surface area contributed by atoms with Gasteiger partial charge in [0.1, 0.15) is 12.6 Å². The summed E-state index contributed by atoms with van der Waals surface area (Å²) < 4.78 is 32.6. The topological polar surface area (TPSA) is 172 Å². The average Bonchev–Trinajstić information content (AvgIpc) is 3.10. The maximum atomic E-state index is 12.6. The van der Waals surface area contributed by atoms with Gasteiger partial charge in [0, 0.05) is 12.8 Å². The highest BCUT2D eigenvalue weighted by Crippen LogP contribution is 2.43. The second-order valence-electron chi connectivity index (χ2n) is 13.8. The van der Waals surface area contributed by atoms with Crippen LogP contribution >= 0.6 is 7.82 Å². The van der Waals surface area contributed by atoms with Gasteiger partial charge in [-0.2, -0.15) is 0 Å². The summed E-state index contributed by atoms with van der Waals surface area (Å²) >= 11 is 0. The lowest BCUT2D eigenvalue weighted by atomic mass is 10.0. The van der Waals surface area contributed by atoms with E-state index in [-0.39, 0.29) is 19.4 Å². The summed E-state index contributed by atoms with van der Waals surface area (Å²) in [6.45, 7) is 2.78. The minimum absolute atomic E-state index is 0.155. The molecule has 0 rings (SSSR count). The van der Waals surface area contributed by atoms with E-state index < -0.39 is 51.1 Å². The number of rotatable bonds is 38. The minimum Gasteiger partial charge on any atom is -0.480 e. The van der Waals surface area contributed by atoms with Crippen LogP contribution in [0.25, 0.3) is 0 Å². The number of carbonyl (C=O) groups is 3. The Labute approximate surface area is 309 Å². The monoisotopic (exact) mass is 748 g/mol. The second-order valence-corrected chi connectivity index (χ2v) is 15.2. The smallest absolute Gasteiger partial charge is 0.472 e. The molecule has 51 heavy (non-hydrogen) atoms. The molecule has 0 aliphatic rings. The molecular weight excluding hydrogens is 673 g/mol. The van der Waals surface area contributed by atoms with Crippen molar-refractivity contribution >= 4 is 25.7 Å². The van der Waals surface area contributed by atoms with Crippen LogP contribution in [0.3, 0.4) is 0 Å². The third-order valence-corrected chi connectivity index (χ3v) is 9.71. The zero-order chi connectivity index (χ0) is 37.8. The Kier molecular flexibility index (Phi) is 34.0. The van der Waals surface area contributed by atoms with Crippen LogP contribution in [0.5, 0.6) is 0 Å². The number of nitrogens with two attached hydrogens (primary N) is 1. The fourth-order valence-electron chi connectivity index (χ4n) is 5.53. The van der Waals surface area contributed by atoms with E-state index in [4.69, 9.17) is 24.8 Å². The predicted octanol–water partition coefficient (Wildman–Crippen LogP) is 10.1. The Morgan fingerprint density at radius 3 is 1.45 bits per heavy atom. The minimum atomic E-state index is -4.71. The maximum Gasteiger partial charge on any atom is 0.472 e. The first-order chi connectivity index (χ1) is 24.6. The number of carbonyl (C=O) groups excluding carboxylic acids is 2. The van der Waals surface area contributed by atoms with Gasteiger partial charge in [0.05, 0.1) is 13.2 Å². The first-order valence-electron chi connectivity index (χ1n) is 20.2. The summed E-state index contributed by atoms with van der Waals surface area (Å²) in [4.78, 5) is 45.8. The first-order valence-corrected chi connectivity index (χ1v) is 21.7. The third kappa shape index (κ3) is 35.0. The van der Waals surface area contributed by atoms with Gasteiger partial charge in [0.2, 0.25) is 0 Å². The van der Waals surface area contributed by atoms with Crippen LogP contribution in [-0.2, 0) is 37.5 Å². The number of aliphatic carboxylic acids is 1. The molecule has 12 heteroatoms. The Morgan fingerprint density at radius 2 is 0.980 bits per heavy atom. The normalized spacial score (nSPS) is 14.0. The van der Waals surface area contributed by atoms with E-state index in [1.54, 1.807) is 0 Å². The molecule has 0 aliphatic carbocycles. The third-order valence-electron chi connectivity index (χ3n) is 8.76. The van der Waals surface area contributed by atoms with Gasteiger partial charge in [0.25, 0.3) is 0 Å². The molecule has 3 atom stereocenters. The standard InChI is InChI=1S/C39H74NO10P/c1-3-5-7-9-11-13-15-17-19-20-22-24-26-28-30-37(41)47-32-35(33-48-51(45,46)49-34-36(40)39(43)44)50-38(42)31-29-27-25-23-21-18-16-14-12-10-8-6-4-2/h14,16,35-36H,3-13,15,17-34,40H2,1-2H3,(H,43,44)(H,45,46)/b16-14-. The molecule has 11 nitrogen and oxygen atoms in total. The lowest BCUT2D eigenvalue weighted by Crippen LogP contribution is -2.34. The molecule has 0 aromatic carbocycles. The number of phosphoric acid groups is 1. The summed E-state index contributed by atoms with van der Waals surface area (Å²) in [5.41, 5.74) is 5.32. The molecule has 0 fully saturated rings. The van der Waals surface area contributed by atoms with Crippen molar-refractivity contribution in [3.63, 3.8) is 0 Å². The van der Waals surface area contributed by atoms with Gasteiger partial charge in [-0.1, -0.05) is 148 Å². The fraction of sp³-hybridized carbons (Fsp3) is 0.872. The predicted molar refractivity (Wildman–Crippen MR) is 203 cm³/mol. The second kappa shape index (κ2) is 35.3. The van der Waals surface area contributed by atoms with Crippen LogP contribution in [0.1, 0.15) is 187 Å². The molecule has 300 valence electrons. The van der Waals surface area contributed by atoms with Gasteiger partial charge in [-0.3, -0.25) is 23.4 Å². The Hall–Kier alpha value is -1.78. The van der Waals surface area contributed by atoms with E-state index in [1.165, 1.54) is 89.9 Å². The molecule has 0 aromatic rings. The summed E-state index contributed by atoms with van der Waals surface area (Å²) in [7, 11) is -4.71. The number of hydrogen-bond donors (Lipinski definition) is 3. The fourth-order valence-corrected chi connectivity index (χ4v) is 6.31. The van der Waals surface area contributed by atoms with Gasteiger partial charge in [-0.15, -0.1) is 0 Å². The lowest BCUT2D eigenvalue weighted by molar-refractivity contribution is -0.161. The molecule has 0 saturated carbocycles. The molecule has 0 bridgehead atoms. The molecule has 3 unspecified atom stereocenters. The molecular formula is C39H74NO10P. The van der Waals surface area contributed by atoms with Crippen molar-refractivity contribution in [1.82, 2.24) is 0 Å². The van der Waals surface area contributed by atoms with Crippen LogP contribution in [0.4, 0.5) is 0 Å². The van der Waals surface area contributed by atoms with Crippen LogP contribution < -0.4 is 5.73 Å². The first kappa shape index (κ1) is 49.2. The van der Waals surface area contributed by atoms with E-state index in [1.807, 2.05) is 0 Å². The van der Waals surface area contributed by atoms with Crippen molar-refractivity contribution in [2.45, 2.75) is 199 Å². The molecule has 4 N–H and O–H groups in total. The van der Waals surface area contributed by atoms with Crippen LogP contribution in [0, 0.1) is 0 Å². The van der Waals surface area contributed by atoms with Gasteiger partial charge < -0.3 is 25.2 Å². The Balaban J connectivity index is 4.40. The summed E-state index contributed by atoms with van der Waals surface area (Å²) in [5.74, 6) is -2.38. The van der Waals surface area contributed by atoms with Crippen LogP contribution in [0.2, 0.25) is 0 Å². The average molecular weight is 748 g/mol. The maximum absolute atomic E-state index is 12.6. The quantitative estimate of drug-likeness (QED) is 0.0237. The number of allylic oxidation sites excluding steroid dienone is 2. The van der Waals surface area contributed by atoms with Crippen LogP contribution in [0.15, 0.2) is 12.2 Å². The Bertz CT molecular complexity index is 932. The summed E-state index contributed by atoms with van der Waals surface area (Å²) in [6.07, 6.45) is 32.7. The zero-order valence-corrected chi connectivity index (χ0v) is 33.1. The van der Waals surface area contributed by atoms with Crippen molar-refractivity contribution in [2.75, 3.05) is 19.8 Å². The zero-order valence-electron chi connectivity index (χ0n) is 32.2. The largest absolute Gasteiger partial charge is 0.480 e. The van der Waals surface area contributed by atoms with Gasteiger partial charge in [-0.25, -0.2) is 4.57 Å². The van der Waals surface area contributed by atoms with Crippen molar-refractivity contribution in [2.24, 2.45) is 5.73 Å². The number of carboxylic acids is 1. The molecule has 0 amide bonds. The highest BCUT2D eigenvalue weighted by molar-refractivity contribution is 7.47. The number of phosphoric ester groups is 1. The number of esters is 2. The number of carboxylic acid groups (broad SMARTS) is 1. The molecule has 0 radical (unpaired) electrons. The summed E-state index contributed by atoms with van der Waals surface area (Å²) in [6, 6.07) is -1.52. The summed E-state index contributed by atoms with van der Waals surface area (Å²) in [5, 5.41) is 8.86. The van der Waals surface area contributed by atoms with Crippen molar-refractivity contribution < 1.29 is 47.5 Å². The van der Waals surface area contributed by atoms with Crippen LogP contribution in [-0.4, -0.2) is 59.9 Å². The SMILES string of the molecule is CCCCCC/C=C\CCCCCCCC(=O)OC(COC(=O)CCCCCCCCCCCCCCCC)COP(=O)(O)OCC(N)C(=O)O.